The van der Waals surface area contributed by atoms with Gasteiger partial charge in [-0.2, -0.15) is 0 Å². The van der Waals surface area contributed by atoms with Crippen molar-refractivity contribution in [3.63, 3.8) is 0 Å². The number of anilines is 1. The van der Waals surface area contributed by atoms with Crippen molar-refractivity contribution in [2.45, 2.75) is 10.6 Å². The lowest BCUT2D eigenvalue weighted by atomic mass is 10.3. The van der Waals surface area contributed by atoms with Crippen LogP contribution in [0.5, 0.6) is 0 Å². The Balaban J connectivity index is 2.37. The fourth-order valence-electron chi connectivity index (χ4n) is 1.60. The summed E-state index contributed by atoms with van der Waals surface area (Å²) < 4.78 is 25.2. The van der Waals surface area contributed by atoms with Gasteiger partial charge in [-0.15, -0.1) is 0 Å². The minimum atomic E-state index is -3.45. The predicted octanol–water partition coefficient (Wildman–Crippen LogP) is 2.40. The molecular weight excluding hydrogens is 316 g/mol. The molecule has 2 N–H and O–H groups in total. The lowest BCUT2D eigenvalue weighted by molar-refractivity contribution is 0.595. The molecule has 0 saturated carbocycles. The summed E-state index contributed by atoms with van der Waals surface area (Å²) in [6, 6.07) is 8.17. The second-order valence-corrected chi connectivity index (χ2v) is 6.68. The Hall–Kier alpha value is -1.40. The number of halogens is 1. The SMILES string of the molecule is Nc1ccccc1S(=O)(=O)Cc1cncc(Br)c1. The Morgan fingerprint density at radius 3 is 2.61 bits per heavy atom. The molecule has 6 heteroatoms. The van der Waals surface area contributed by atoms with Crippen molar-refractivity contribution in [2.75, 3.05) is 5.73 Å². The first kappa shape index (κ1) is 13.0. The van der Waals surface area contributed by atoms with Crippen LogP contribution in [0.15, 0.2) is 52.1 Å². The van der Waals surface area contributed by atoms with E-state index < -0.39 is 9.84 Å². The van der Waals surface area contributed by atoms with E-state index in [0.717, 1.165) is 4.47 Å². The van der Waals surface area contributed by atoms with E-state index in [9.17, 15) is 8.42 Å². The molecule has 0 spiro atoms. The quantitative estimate of drug-likeness (QED) is 0.879. The first-order chi connectivity index (χ1) is 8.49. The summed E-state index contributed by atoms with van der Waals surface area (Å²) in [4.78, 5) is 4.10. The molecule has 1 heterocycles. The molecule has 0 bridgehead atoms. The van der Waals surface area contributed by atoms with E-state index in [4.69, 9.17) is 5.73 Å². The molecule has 0 fully saturated rings. The highest BCUT2D eigenvalue weighted by molar-refractivity contribution is 9.10. The molecule has 0 atom stereocenters. The van der Waals surface area contributed by atoms with Crippen LogP contribution in [0.4, 0.5) is 5.69 Å². The fraction of sp³-hybridized carbons (Fsp3) is 0.0833. The number of nitrogens with two attached hydrogens (primary N) is 1. The van der Waals surface area contributed by atoms with E-state index >= 15 is 0 Å². The maximum Gasteiger partial charge on any atom is 0.184 e. The molecule has 0 aliphatic rings. The van der Waals surface area contributed by atoms with Gasteiger partial charge in [0.05, 0.1) is 16.3 Å². The van der Waals surface area contributed by atoms with Crippen molar-refractivity contribution in [2.24, 2.45) is 0 Å². The minimum Gasteiger partial charge on any atom is -0.398 e. The number of hydrogen-bond acceptors (Lipinski definition) is 4. The third-order valence-electron chi connectivity index (χ3n) is 2.37. The maximum atomic E-state index is 12.2. The molecule has 4 nitrogen and oxygen atoms in total. The van der Waals surface area contributed by atoms with Gasteiger partial charge in [0, 0.05) is 16.9 Å². The monoisotopic (exact) mass is 326 g/mol. The molecule has 0 saturated heterocycles. The Morgan fingerprint density at radius 2 is 1.94 bits per heavy atom. The van der Waals surface area contributed by atoms with Crippen LogP contribution in [0, 0.1) is 0 Å². The molecule has 18 heavy (non-hydrogen) atoms. The molecule has 0 radical (unpaired) electrons. The molecule has 1 aromatic carbocycles. The zero-order chi connectivity index (χ0) is 13.2. The van der Waals surface area contributed by atoms with E-state index in [0.29, 0.717) is 5.56 Å². The van der Waals surface area contributed by atoms with E-state index in [1.54, 1.807) is 30.5 Å². The van der Waals surface area contributed by atoms with Gasteiger partial charge in [-0.3, -0.25) is 4.98 Å². The number of sulfone groups is 1. The number of rotatable bonds is 3. The predicted molar refractivity (Wildman–Crippen MR) is 73.7 cm³/mol. The lowest BCUT2D eigenvalue weighted by Gasteiger charge is -2.07. The zero-order valence-corrected chi connectivity index (χ0v) is 11.8. The number of nitrogens with zero attached hydrogens (tertiary/aromatic N) is 1. The summed E-state index contributed by atoms with van der Waals surface area (Å²) in [5.41, 5.74) is 6.57. The largest absolute Gasteiger partial charge is 0.398 e. The summed E-state index contributed by atoms with van der Waals surface area (Å²) in [6.07, 6.45) is 3.13. The van der Waals surface area contributed by atoms with Crippen molar-refractivity contribution >= 4 is 31.5 Å². The normalized spacial score (nSPS) is 11.4. The van der Waals surface area contributed by atoms with E-state index in [1.165, 1.54) is 12.3 Å². The molecule has 94 valence electrons. The van der Waals surface area contributed by atoms with Gasteiger partial charge in [-0.05, 0) is 39.7 Å². The standard InChI is InChI=1S/C12H11BrN2O2S/c13-10-5-9(6-15-7-10)8-18(16,17)12-4-2-1-3-11(12)14/h1-7H,8,14H2. The molecule has 0 aliphatic carbocycles. The van der Waals surface area contributed by atoms with Crippen LogP contribution in [0.25, 0.3) is 0 Å². The van der Waals surface area contributed by atoms with Crippen molar-refractivity contribution < 1.29 is 8.42 Å². The van der Waals surface area contributed by atoms with Gasteiger partial charge in [0.2, 0.25) is 0 Å². The molecule has 2 aromatic rings. The molecular formula is C12H11BrN2O2S. The number of pyridine rings is 1. The number of nitrogen functional groups attached to an aromatic ring is 1. The lowest BCUT2D eigenvalue weighted by Crippen LogP contribution is -2.08. The summed E-state index contributed by atoms with van der Waals surface area (Å²) in [6.45, 7) is 0. The van der Waals surface area contributed by atoms with E-state index in [1.807, 2.05) is 0 Å². The highest BCUT2D eigenvalue weighted by Gasteiger charge is 2.18. The first-order valence-electron chi connectivity index (χ1n) is 5.16. The minimum absolute atomic E-state index is 0.117. The van der Waals surface area contributed by atoms with Gasteiger partial charge in [0.15, 0.2) is 9.84 Å². The number of aromatic nitrogens is 1. The van der Waals surface area contributed by atoms with Gasteiger partial charge < -0.3 is 5.73 Å². The Kier molecular flexibility index (Phi) is 3.68. The fourth-order valence-corrected chi connectivity index (χ4v) is 3.47. The van der Waals surface area contributed by atoms with Crippen LogP contribution in [0.3, 0.4) is 0 Å². The molecule has 0 amide bonds. The zero-order valence-electron chi connectivity index (χ0n) is 9.38. The Labute approximate surface area is 114 Å². The van der Waals surface area contributed by atoms with Crippen LogP contribution in [0.2, 0.25) is 0 Å². The van der Waals surface area contributed by atoms with Crippen LogP contribution < -0.4 is 5.73 Å². The van der Waals surface area contributed by atoms with Gasteiger partial charge in [0.25, 0.3) is 0 Å². The average Bonchev–Trinajstić information content (AvgIpc) is 2.28. The summed E-state index contributed by atoms with van der Waals surface area (Å²) in [5.74, 6) is -0.117. The highest BCUT2D eigenvalue weighted by Crippen LogP contribution is 2.22. The third-order valence-corrected chi connectivity index (χ3v) is 4.56. The van der Waals surface area contributed by atoms with E-state index in [2.05, 4.69) is 20.9 Å². The summed E-state index contributed by atoms with van der Waals surface area (Å²) in [5, 5.41) is 0. The van der Waals surface area contributed by atoms with Gasteiger partial charge in [0.1, 0.15) is 0 Å². The van der Waals surface area contributed by atoms with Crippen molar-refractivity contribution in [3.05, 3.63) is 52.8 Å². The van der Waals surface area contributed by atoms with Crippen LogP contribution in [-0.4, -0.2) is 13.4 Å². The third kappa shape index (κ3) is 2.88. The average molecular weight is 327 g/mol. The van der Waals surface area contributed by atoms with Crippen LogP contribution in [0.1, 0.15) is 5.56 Å². The Bertz CT molecular complexity index is 671. The second kappa shape index (κ2) is 5.07. The number of hydrogen-bond donors (Lipinski definition) is 1. The molecule has 0 aliphatic heterocycles. The summed E-state index contributed by atoms with van der Waals surface area (Å²) in [7, 11) is -3.45. The summed E-state index contributed by atoms with van der Waals surface area (Å²) >= 11 is 3.26. The molecule has 2 rings (SSSR count). The van der Waals surface area contributed by atoms with Gasteiger partial charge >= 0.3 is 0 Å². The van der Waals surface area contributed by atoms with Crippen LogP contribution >= 0.6 is 15.9 Å². The number of benzene rings is 1. The van der Waals surface area contributed by atoms with Crippen LogP contribution in [-0.2, 0) is 15.6 Å². The van der Waals surface area contributed by atoms with Gasteiger partial charge in [-0.1, -0.05) is 12.1 Å². The topological polar surface area (TPSA) is 73.1 Å². The Morgan fingerprint density at radius 1 is 1.22 bits per heavy atom. The van der Waals surface area contributed by atoms with Crippen molar-refractivity contribution in [3.8, 4) is 0 Å². The number of para-hydroxylation sites is 1. The first-order valence-corrected chi connectivity index (χ1v) is 7.60. The second-order valence-electron chi connectivity index (χ2n) is 3.81. The maximum absolute atomic E-state index is 12.2. The van der Waals surface area contributed by atoms with Crippen molar-refractivity contribution in [1.82, 2.24) is 4.98 Å². The van der Waals surface area contributed by atoms with Gasteiger partial charge in [-0.25, -0.2) is 8.42 Å². The highest BCUT2D eigenvalue weighted by atomic mass is 79.9. The smallest absolute Gasteiger partial charge is 0.184 e. The van der Waals surface area contributed by atoms with E-state index in [-0.39, 0.29) is 16.3 Å². The molecule has 0 unspecified atom stereocenters. The molecule has 1 aromatic heterocycles. The van der Waals surface area contributed by atoms with Crippen molar-refractivity contribution in [1.29, 1.82) is 0 Å².